The van der Waals surface area contributed by atoms with Gasteiger partial charge in [0.1, 0.15) is 11.5 Å². The lowest BCUT2D eigenvalue weighted by molar-refractivity contribution is 0.0995. The van der Waals surface area contributed by atoms with Gasteiger partial charge in [0, 0.05) is 50.0 Å². The molecule has 2 aromatic heterocycles. The molecule has 1 aliphatic heterocycles. The highest BCUT2D eigenvalue weighted by Crippen LogP contribution is 2.31. The molecule has 3 amide bonds. The summed E-state index contributed by atoms with van der Waals surface area (Å²) in [7, 11) is 1.70. The second-order valence-electron chi connectivity index (χ2n) is 9.84. The predicted octanol–water partition coefficient (Wildman–Crippen LogP) is 3.58. The SMILES string of the molecule is COCCN1C[C@@H](NC(=O)Nc2c(C)c(-c3ccnc(C(N)=O)c3)nn2-c2ccccc2)[C@H](c2ccccc2)C1. The van der Waals surface area contributed by atoms with Crippen molar-refractivity contribution in [2.24, 2.45) is 5.73 Å². The summed E-state index contributed by atoms with van der Waals surface area (Å²) in [5.41, 5.74) is 9.59. The summed E-state index contributed by atoms with van der Waals surface area (Å²) in [4.78, 5) is 31.6. The van der Waals surface area contributed by atoms with Crippen LogP contribution < -0.4 is 16.4 Å². The van der Waals surface area contributed by atoms with Gasteiger partial charge in [0.2, 0.25) is 0 Å². The fraction of sp³-hybridized carbons (Fsp3) is 0.267. The lowest BCUT2D eigenvalue weighted by Crippen LogP contribution is -2.42. The number of nitrogens with zero attached hydrogens (tertiary/aromatic N) is 4. The van der Waals surface area contributed by atoms with E-state index < -0.39 is 5.91 Å². The summed E-state index contributed by atoms with van der Waals surface area (Å²) in [6, 6.07) is 22.8. The highest BCUT2D eigenvalue weighted by molar-refractivity contribution is 5.93. The zero-order valence-electron chi connectivity index (χ0n) is 22.6. The monoisotopic (exact) mass is 539 g/mol. The lowest BCUT2D eigenvalue weighted by Gasteiger charge is -2.21. The summed E-state index contributed by atoms with van der Waals surface area (Å²) < 4.78 is 6.98. The molecule has 1 fully saturated rings. The number of anilines is 1. The first kappa shape index (κ1) is 27.0. The van der Waals surface area contributed by atoms with Crippen molar-refractivity contribution in [1.82, 2.24) is 25.0 Å². The number of aromatic nitrogens is 3. The molecule has 1 aliphatic rings. The largest absolute Gasteiger partial charge is 0.383 e. The summed E-state index contributed by atoms with van der Waals surface area (Å²) in [5, 5.41) is 11.1. The summed E-state index contributed by atoms with van der Waals surface area (Å²) >= 11 is 0. The molecule has 1 saturated heterocycles. The molecule has 10 heteroatoms. The minimum atomic E-state index is -0.621. The molecule has 0 saturated carbocycles. The fourth-order valence-electron chi connectivity index (χ4n) is 5.17. The molecule has 2 atom stereocenters. The first-order valence-corrected chi connectivity index (χ1v) is 13.2. The third-order valence-corrected chi connectivity index (χ3v) is 7.19. The van der Waals surface area contributed by atoms with Gasteiger partial charge in [-0.2, -0.15) is 5.10 Å². The van der Waals surface area contributed by atoms with Crippen molar-refractivity contribution in [3.63, 3.8) is 0 Å². The number of carbonyl (C=O) groups is 2. The van der Waals surface area contributed by atoms with Gasteiger partial charge >= 0.3 is 6.03 Å². The highest BCUT2D eigenvalue weighted by Gasteiger charge is 2.35. The molecule has 0 bridgehead atoms. The molecule has 0 unspecified atom stereocenters. The van der Waals surface area contributed by atoms with Gasteiger partial charge in [-0.1, -0.05) is 48.5 Å². The molecule has 0 spiro atoms. The van der Waals surface area contributed by atoms with Gasteiger partial charge < -0.3 is 15.8 Å². The number of nitrogens with two attached hydrogens (primary N) is 1. The number of amides is 3. The van der Waals surface area contributed by atoms with Crippen molar-refractivity contribution in [3.8, 4) is 16.9 Å². The van der Waals surface area contributed by atoms with Crippen molar-refractivity contribution >= 4 is 17.8 Å². The number of para-hydroxylation sites is 1. The molecule has 0 radical (unpaired) electrons. The Kier molecular flexibility index (Phi) is 8.18. The van der Waals surface area contributed by atoms with Crippen LogP contribution >= 0.6 is 0 Å². The first-order valence-electron chi connectivity index (χ1n) is 13.2. The van der Waals surface area contributed by atoms with E-state index in [9.17, 15) is 9.59 Å². The molecule has 5 rings (SSSR count). The second kappa shape index (κ2) is 12.1. The molecule has 4 N–H and O–H groups in total. The lowest BCUT2D eigenvalue weighted by atomic mass is 9.94. The number of benzene rings is 2. The van der Waals surface area contributed by atoms with Crippen LogP contribution in [0.5, 0.6) is 0 Å². The Morgan fingerprint density at radius 1 is 1.05 bits per heavy atom. The Labute approximate surface area is 233 Å². The number of hydrogen-bond donors (Lipinski definition) is 3. The number of urea groups is 1. The molecule has 0 aliphatic carbocycles. The maximum absolute atomic E-state index is 13.5. The van der Waals surface area contributed by atoms with Crippen LogP contribution in [0.4, 0.5) is 10.6 Å². The van der Waals surface area contributed by atoms with Crippen molar-refractivity contribution in [3.05, 3.63) is 95.8 Å². The third kappa shape index (κ3) is 5.88. The summed E-state index contributed by atoms with van der Waals surface area (Å²) in [5.74, 6) is 0.0500. The van der Waals surface area contributed by atoms with Crippen LogP contribution in [0.25, 0.3) is 16.9 Å². The number of methoxy groups -OCH3 is 1. The summed E-state index contributed by atoms with van der Waals surface area (Å²) in [6.07, 6.45) is 1.52. The van der Waals surface area contributed by atoms with Crippen LogP contribution in [-0.2, 0) is 4.74 Å². The number of carbonyl (C=O) groups excluding carboxylic acids is 2. The molecule has 3 heterocycles. The van der Waals surface area contributed by atoms with Gasteiger partial charge in [-0.3, -0.25) is 20.0 Å². The van der Waals surface area contributed by atoms with Gasteiger partial charge in [-0.05, 0) is 36.8 Å². The van der Waals surface area contributed by atoms with Crippen molar-refractivity contribution in [1.29, 1.82) is 0 Å². The number of rotatable bonds is 9. The van der Waals surface area contributed by atoms with E-state index in [1.54, 1.807) is 23.9 Å². The van der Waals surface area contributed by atoms with Gasteiger partial charge in [0.25, 0.3) is 5.91 Å². The minimum absolute atomic E-state index is 0.0922. The first-order chi connectivity index (χ1) is 19.4. The number of likely N-dealkylation sites (tertiary alicyclic amines) is 1. The Bertz CT molecular complexity index is 1470. The molecule has 10 nitrogen and oxygen atoms in total. The number of pyridine rings is 1. The number of primary amides is 1. The standard InChI is InChI=1S/C30H33N7O3/c1-20-27(22-13-14-32-25(17-22)28(31)38)35-37(23-11-7-4-8-12-23)29(20)34-30(39)33-26-19-36(15-16-40-2)18-24(26)21-9-5-3-6-10-21/h3-14,17,24,26H,15-16,18-19H2,1-2H3,(H2,31,38)(H2,33,34,39)/t24-,26+/m0/s1. The van der Waals surface area contributed by atoms with Crippen molar-refractivity contribution in [2.75, 3.05) is 38.7 Å². The van der Waals surface area contributed by atoms with Gasteiger partial charge in [-0.15, -0.1) is 0 Å². The quantitative estimate of drug-likeness (QED) is 0.298. The number of hydrogen-bond acceptors (Lipinski definition) is 6. The zero-order chi connectivity index (χ0) is 28.1. The molecule has 2 aromatic carbocycles. The van der Waals surface area contributed by atoms with Crippen molar-refractivity contribution in [2.45, 2.75) is 18.9 Å². The van der Waals surface area contributed by atoms with E-state index in [2.05, 4.69) is 32.7 Å². The van der Waals surface area contributed by atoms with E-state index in [4.69, 9.17) is 15.6 Å². The third-order valence-electron chi connectivity index (χ3n) is 7.19. The van der Waals surface area contributed by atoms with E-state index in [-0.39, 0.29) is 23.7 Å². The van der Waals surface area contributed by atoms with Crippen molar-refractivity contribution < 1.29 is 14.3 Å². The van der Waals surface area contributed by atoms with Crippen LogP contribution in [0.2, 0.25) is 0 Å². The van der Waals surface area contributed by atoms with E-state index in [1.807, 2.05) is 55.5 Å². The van der Waals surface area contributed by atoms with Crippen LogP contribution in [0.15, 0.2) is 79.0 Å². The van der Waals surface area contributed by atoms with Crippen LogP contribution in [-0.4, -0.2) is 71.0 Å². The van der Waals surface area contributed by atoms with E-state index in [0.29, 0.717) is 30.2 Å². The van der Waals surface area contributed by atoms with Gasteiger partial charge in [0.05, 0.1) is 24.0 Å². The smallest absolute Gasteiger partial charge is 0.320 e. The fourth-order valence-corrected chi connectivity index (χ4v) is 5.17. The van der Waals surface area contributed by atoms with Crippen LogP contribution in [0.1, 0.15) is 27.5 Å². The highest BCUT2D eigenvalue weighted by atomic mass is 16.5. The molecule has 4 aromatic rings. The maximum Gasteiger partial charge on any atom is 0.320 e. The number of ether oxygens (including phenoxy) is 1. The van der Waals surface area contributed by atoms with Crippen LogP contribution in [0, 0.1) is 6.92 Å². The van der Waals surface area contributed by atoms with E-state index in [1.165, 1.54) is 11.8 Å². The Balaban J connectivity index is 1.44. The topological polar surface area (TPSA) is 127 Å². The van der Waals surface area contributed by atoms with E-state index >= 15 is 0 Å². The summed E-state index contributed by atoms with van der Waals surface area (Å²) in [6.45, 7) is 4.85. The van der Waals surface area contributed by atoms with E-state index in [0.717, 1.165) is 24.3 Å². The molecule has 206 valence electrons. The predicted molar refractivity (Wildman–Crippen MR) is 153 cm³/mol. The Morgan fingerprint density at radius 2 is 1.77 bits per heavy atom. The Morgan fingerprint density at radius 3 is 2.48 bits per heavy atom. The molecule has 40 heavy (non-hydrogen) atoms. The number of nitrogens with one attached hydrogen (secondary N) is 2. The second-order valence-corrected chi connectivity index (χ2v) is 9.84. The van der Waals surface area contributed by atoms with Gasteiger partial charge in [0.15, 0.2) is 0 Å². The normalized spacial score (nSPS) is 17.1. The van der Waals surface area contributed by atoms with Crippen LogP contribution in [0.3, 0.4) is 0 Å². The minimum Gasteiger partial charge on any atom is -0.383 e. The maximum atomic E-state index is 13.5. The molecular weight excluding hydrogens is 506 g/mol. The van der Waals surface area contributed by atoms with Gasteiger partial charge in [-0.25, -0.2) is 9.48 Å². The Hall–Kier alpha value is -4.54. The molecular formula is C30H33N7O3. The average molecular weight is 540 g/mol. The average Bonchev–Trinajstić information content (AvgIpc) is 3.53. The zero-order valence-corrected chi connectivity index (χ0v) is 22.6.